The van der Waals surface area contributed by atoms with Crippen molar-refractivity contribution in [2.75, 3.05) is 11.1 Å². The summed E-state index contributed by atoms with van der Waals surface area (Å²) in [6.45, 7) is 0. The molecule has 0 aliphatic carbocycles. The van der Waals surface area contributed by atoms with Crippen LogP contribution < -0.4 is 5.32 Å². The molecule has 0 fully saturated rings. The van der Waals surface area contributed by atoms with Gasteiger partial charge in [0.1, 0.15) is 0 Å². The van der Waals surface area contributed by atoms with E-state index in [1.807, 2.05) is 30.3 Å². The van der Waals surface area contributed by atoms with Crippen LogP contribution >= 0.6 is 0 Å². The fraction of sp³-hybridized carbons (Fsp3) is 0.0952. The van der Waals surface area contributed by atoms with E-state index in [1.54, 1.807) is 42.5 Å². The van der Waals surface area contributed by atoms with Crippen LogP contribution in [0.4, 0.5) is 17.1 Å². The lowest BCUT2D eigenvalue weighted by Gasteiger charge is -2.06. The molecule has 6 nitrogen and oxygen atoms in total. The fourth-order valence-corrected chi connectivity index (χ4v) is 3.68. The van der Waals surface area contributed by atoms with Gasteiger partial charge in [-0.2, -0.15) is 10.2 Å². The van der Waals surface area contributed by atoms with Gasteiger partial charge in [-0.15, -0.1) is 0 Å². The Kier molecular flexibility index (Phi) is 6.29. The van der Waals surface area contributed by atoms with E-state index in [1.165, 1.54) is 12.1 Å². The number of hydrogen-bond acceptors (Lipinski definition) is 5. The molecule has 0 radical (unpaired) electrons. The van der Waals surface area contributed by atoms with Crippen molar-refractivity contribution in [3.63, 3.8) is 0 Å². The second-order valence-electron chi connectivity index (χ2n) is 6.01. The van der Waals surface area contributed by atoms with Gasteiger partial charge in [-0.1, -0.05) is 36.4 Å². The molecule has 0 unspecified atom stereocenters. The van der Waals surface area contributed by atoms with Gasteiger partial charge in [0.2, 0.25) is 5.91 Å². The van der Waals surface area contributed by atoms with Crippen molar-refractivity contribution in [1.82, 2.24) is 0 Å². The lowest BCUT2D eigenvalue weighted by molar-refractivity contribution is -0.115. The Hall–Kier alpha value is -3.32. The van der Waals surface area contributed by atoms with Crippen LogP contribution in [0.5, 0.6) is 0 Å². The molecule has 7 heteroatoms. The summed E-state index contributed by atoms with van der Waals surface area (Å²) < 4.78 is 24.4. The summed E-state index contributed by atoms with van der Waals surface area (Å²) in [5.74, 6) is -0.607. The Labute approximate surface area is 163 Å². The third-order valence-corrected chi connectivity index (χ3v) is 5.62. The number of rotatable bonds is 7. The Morgan fingerprint density at radius 3 is 1.89 bits per heavy atom. The monoisotopic (exact) mass is 393 g/mol. The van der Waals surface area contributed by atoms with Gasteiger partial charge in [-0.05, 0) is 48.5 Å². The maximum Gasteiger partial charge on any atom is 0.225 e. The normalized spacial score (nSPS) is 11.4. The molecule has 0 spiro atoms. The molecule has 0 bridgehead atoms. The molecule has 0 saturated carbocycles. The second kappa shape index (κ2) is 9.05. The van der Waals surface area contributed by atoms with Gasteiger partial charge in [0.25, 0.3) is 0 Å². The Morgan fingerprint density at radius 1 is 0.750 bits per heavy atom. The first kappa shape index (κ1) is 19.4. The highest BCUT2D eigenvalue weighted by Gasteiger charge is 2.16. The molecule has 28 heavy (non-hydrogen) atoms. The second-order valence-corrected chi connectivity index (χ2v) is 8.12. The molecule has 0 aliphatic rings. The third-order valence-electron chi connectivity index (χ3n) is 3.89. The van der Waals surface area contributed by atoms with E-state index in [-0.39, 0.29) is 23.0 Å². The van der Waals surface area contributed by atoms with Crippen LogP contribution in [-0.2, 0) is 14.6 Å². The molecular formula is C21H19N3O3S. The van der Waals surface area contributed by atoms with Gasteiger partial charge in [0.05, 0.1) is 22.0 Å². The lowest BCUT2D eigenvalue weighted by Crippen LogP contribution is -2.17. The van der Waals surface area contributed by atoms with Crippen molar-refractivity contribution in [2.45, 2.75) is 11.3 Å². The van der Waals surface area contributed by atoms with Crippen LogP contribution in [0.15, 0.2) is 100 Å². The molecule has 0 atom stereocenters. The molecule has 0 aromatic heterocycles. The van der Waals surface area contributed by atoms with Crippen LogP contribution in [0.2, 0.25) is 0 Å². The van der Waals surface area contributed by atoms with Crippen LogP contribution in [0.25, 0.3) is 0 Å². The van der Waals surface area contributed by atoms with Gasteiger partial charge in [0, 0.05) is 12.1 Å². The van der Waals surface area contributed by atoms with Crippen molar-refractivity contribution in [3.8, 4) is 0 Å². The van der Waals surface area contributed by atoms with E-state index in [0.29, 0.717) is 11.4 Å². The van der Waals surface area contributed by atoms with Crippen LogP contribution in [-0.4, -0.2) is 20.1 Å². The van der Waals surface area contributed by atoms with Gasteiger partial charge in [-0.3, -0.25) is 4.79 Å². The standard InChI is InChI=1S/C21H19N3O3S/c25-21(15-16-28(26,27)20-9-5-2-6-10-20)22-17-11-13-19(14-12-17)24-23-18-7-3-1-4-8-18/h1-14H,15-16H2,(H,22,25). The van der Waals surface area contributed by atoms with E-state index >= 15 is 0 Å². The average Bonchev–Trinajstić information content (AvgIpc) is 2.73. The van der Waals surface area contributed by atoms with Crippen molar-refractivity contribution >= 4 is 32.8 Å². The van der Waals surface area contributed by atoms with Crippen LogP contribution in [0.3, 0.4) is 0 Å². The summed E-state index contributed by atoms with van der Waals surface area (Å²) in [6, 6.07) is 24.3. The summed E-state index contributed by atoms with van der Waals surface area (Å²) >= 11 is 0. The summed E-state index contributed by atoms with van der Waals surface area (Å²) in [5, 5.41) is 10.9. The molecular weight excluding hydrogens is 374 g/mol. The van der Waals surface area contributed by atoms with Gasteiger partial charge < -0.3 is 5.32 Å². The molecule has 142 valence electrons. The highest BCUT2D eigenvalue weighted by atomic mass is 32.2. The highest BCUT2D eigenvalue weighted by Crippen LogP contribution is 2.20. The summed E-state index contributed by atoms with van der Waals surface area (Å²) in [7, 11) is -3.48. The Bertz CT molecular complexity index is 1050. The van der Waals surface area contributed by atoms with Crippen molar-refractivity contribution in [2.24, 2.45) is 10.2 Å². The zero-order valence-corrected chi connectivity index (χ0v) is 15.8. The maximum absolute atomic E-state index is 12.2. The average molecular weight is 393 g/mol. The quantitative estimate of drug-likeness (QED) is 0.579. The van der Waals surface area contributed by atoms with Gasteiger partial charge in [-0.25, -0.2) is 8.42 Å². The first-order chi connectivity index (χ1) is 13.5. The predicted molar refractivity (Wildman–Crippen MR) is 109 cm³/mol. The Balaban J connectivity index is 1.54. The number of nitrogens with one attached hydrogen (secondary N) is 1. The molecule has 1 amide bonds. The summed E-state index contributed by atoms with van der Waals surface area (Å²) in [6.07, 6.45) is -0.118. The first-order valence-electron chi connectivity index (χ1n) is 8.67. The Morgan fingerprint density at radius 2 is 1.29 bits per heavy atom. The number of hydrogen-bond donors (Lipinski definition) is 1. The van der Waals surface area contributed by atoms with Crippen LogP contribution in [0.1, 0.15) is 6.42 Å². The minimum Gasteiger partial charge on any atom is -0.326 e. The zero-order valence-electron chi connectivity index (χ0n) is 15.0. The minimum atomic E-state index is -3.48. The van der Waals surface area contributed by atoms with Gasteiger partial charge in [0.15, 0.2) is 9.84 Å². The van der Waals surface area contributed by atoms with E-state index in [9.17, 15) is 13.2 Å². The number of azo groups is 1. The number of benzene rings is 3. The van der Waals surface area contributed by atoms with Crippen molar-refractivity contribution in [3.05, 3.63) is 84.9 Å². The van der Waals surface area contributed by atoms with E-state index in [2.05, 4.69) is 15.5 Å². The largest absolute Gasteiger partial charge is 0.326 e. The predicted octanol–water partition coefficient (Wildman–Crippen LogP) is 4.90. The fourth-order valence-electron chi connectivity index (χ4n) is 2.42. The lowest BCUT2D eigenvalue weighted by atomic mass is 10.3. The number of carbonyl (C=O) groups is 1. The van der Waals surface area contributed by atoms with E-state index in [4.69, 9.17) is 0 Å². The highest BCUT2D eigenvalue weighted by molar-refractivity contribution is 7.91. The SMILES string of the molecule is O=C(CCS(=O)(=O)c1ccccc1)Nc1ccc(N=Nc2ccccc2)cc1. The smallest absolute Gasteiger partial charge is 0.225 e. The van der Waals surface area contributed by atoms with Crippen molar-refractivity contribution in [1.29, 1.82) is 0 Å². The van der Waals surface area contributed by atoms with Gasteiger partial charge >= 0.3 is 0 Å². The molecule has 0 heterocycles. The zero-order chi connectivity index (χ0) is 19.8. The summed E-state index contributed by atoms with van der Waals surface area (Å²) in [5.41, 5.74) is 1.97. The van der Waals surface area contributed by atoms with E-state index < -0.39 is 9.84 Å². The minimum absolute atomic E-state index is 0.118. The molecule has 3 aromatic carbocycles. The summed E-state index contributed by atoms with van der Waals surface area (Å²) in [4.78, 5) is 12.3. The molecule has 0 saturated heterocycles. The molecule has 0 aliphatic heterocycles. The van der Waals surface area contributed by atoms with Crippen LogP contribution in [0, 0.1) is 0 Å². The number of sulfone groups is 1. The molecule has 1 N–H and O–H groups in total. The number of nitrogens with zero attached hydrogens (tertiary/aromatic N) is 2. The number of amides is 1. The maximum atomic E-state index is 12.2. The molecule has 3 rings (SSSR count). The third kappa shape index (κ3) is 5.59. The topological polar surface area (TPSA) is 88.0 Å². The molecule has 3 aromatic rings. The number of anilines is 1. The number of carbonyl (C=O) groups excluding carboxylic acids is 1. The van der Waals surface area contributed by atoms with E-state index in [0.717, 1.165) is 5.69 Å². The first-order valence-corrected chi connectivity index (χ1v) is 10.3. The van der Waals surface area contributed by atoms with Crippen molar-refractivity contribution < 1.29 is 13.2 Å².